The van der Waals surface area contributed by atoms with Crippen molar-refractivity contribution in [3.63, 3.8) is 0 Å². The molecule has 1 N–H and O–H groups in total. The highest BCUT2D eigenvalue weighted by molar-refractivity contribution is 4.95. The van der Waals surface area contributed by atoms with E-state index >= 15 is 0 Å². The number of nitriles is 1. The van der Waals surface area contributed by atoms with Crippen LogP contribution in [0.5, 0.6) is 0 Å². The quantitative estimate of drug-likeness (QED) is 0.759. The van der Waals surface area contributed by atoms with E-state index in [2.05, 4.69) is 23.3 Å². The van der Waals surface area contributed by atoms with Gasteiger partial charge in [-0.1, -0.05) is 0 Å². The number of hydrogen-bond acceptors (Lipinski definition) is 3. The van der Waals surface area contributed by atoms with Gasteiger partial charge in [0, 0.05) is 24.7 Å². The molecule has 3 heteroatoms. The Morgan fingerprint density at radius 3 is 2.53 bits per heavy atom. The van der Waals surface area contributed by atoms with Gasteiger partial charge in [0.05, 0.1) is 12.0 Å². The van der Waals surface area contributed by atoms with Crippen LogP contribution in [0, 0.1) is 17.2 Å². The zero-order chi connectivity index (χ0) is 10.8. The average Bonchev–Trinajstić information content (AvgIpc) is 2.57. The van der Waals surface area contributed by atoms with E-state index in [4.69, 9.17) is 5.26 Å². The zero-order valence-electron chi connectivity index (χ0n) is 9.74. The van der Waals surface area contributed by atoms with Gasteiger partial charge in [0.1, 0.15) is 0 Å². The van der Waals surface area contributed by atoms with Gasteiger partial charge in [0.2, 0.25) is 0 Å². The topological polar surface area (TPSA) is 39.1 Å². The molecule has 15 heavy (non-hydrogen) atoms. The maximum Gasteiger partial charge on any atom is 0.0666 e. The van der Waals surface area contributed by atoms with E-state index in [1.807, 2.05) is 6.92 Å². The second kappa shape index (κ2) is 4.51. The highest BCUT2D eigenvalue weighted by atomic mass is 15.2. The summed E-state index contributed by atoms with van der Waals surface area (Å²) in [5.74, 6) is 0.155. The lowest BCUT2D eigenvalue weighted by molar-refractivity contribution is 0.163. The molecular formula is C12H21N3. The van der Waals surface area contributed by atoms with Crippen molar-refractivity contribution in [1.29, 1.82) is 5.26 Å². The number of nitrogens with one attached hydrogen (secondary N) is 1. The van der Waals surface area contributed by atoms with Crippen molar-refractivity contribution in [2.45, 2.75) is 50.7 Å². The van der Waals surface area contributed by atoms with Gasteiger partial charge >= 0.3 is 0 Å². The molecule has 2 aliphatic heterocycles. The minimum atomic E-state index is 0.155. The molecule has 0 aromatic rings. The van der Waals surface area contributed by atoms with Crippen LogP contribution in [-0.2, 0) is 0 Å². The predicted octanol–water partition coefficient (Wildman–Crippen LogP) is 1.36. The van der Waals surface area contributed by atoms with E-state index in [1.165, 1.54) is 25.7 Å². The van der Waals surface area contributed by atoms with Gasteiger partial charge in [-0.2, -0.15) is 5.26 Å². The molecule has 2 aliphatic rings. The molecule has 0 aliphatic carbocycles. The number of rotatable bonds is 3. The predicted molar refractivity (Wildman–Crippen MR) is 60.4 cm³/mol. The van der Waals surface area contributed by atoms with Crippen LogP contribution < -0.4 is 5.32 Å². The smallest absolute Gasteiger partial charge is 0.0666 e. The number of piperidine rings is 1. The Morgan fingerprint density at radius 1 is 1.40 bits per heavy atom. The Labute approximate surface area is 92.4 Å². The van der Waals surface area contributed by atoms with Crippen molar-refractivity contribution in [3.05, 3.63) is 0 Å². The molecule has 3 unspecified atom stereocenters. The van der Waals surface area contributed by atoms with E-state index in [0.717, 1.165) is 18.6 Å². The lowest BCUT2D eigenvalue weighted by atomic mass is 9.98. The Morgan fingerprint density at radius 2 is 2.00 bits per heavy atom. The summed E-state index contributed by atoms with van der Waals surface area (Å²) in [6.07, 6.45) is 5.24. The summed E-state index contributed by atoms with van der Waals surface area (Å²) < 4.78 is 0. The van der Waals surface area contributed by atoms with Crippen molar-refractivity contribution >= 4 is 0 Å². The first kappa shape index (κ1) is 10.9. The maximum absolute atomic E-state index is 8.81. The number of nitrogens with zero attached hydrogens (tertiary/aromatic N) is 2. The summed E-state index contributed by atoms with van der Waals surface area (Å²) in [5, 5.41) is 12.5. The van der Waals surface area contributed by atoms with E-state index in [0.29, 0.717) is 6.04 Å². The second-order valence-electron chi connectivity index (χ2n) is 5.23. The third-order valence-corrected chi connectivity index (χ3v) is 3.85. The summed E-state index contributed by atoms with van der Waals surface area (Å²) in [5.41, 5.74) is 0. The fourth-order valence-corrected chi connectivity index (χ4v) is 3.01. The Balaban J connectivity index is 1.86. The van der Waals surface area contributed by atoms with Crippen molar-refractivity contribution < 1.29 is 0 Å². The molecule has 2 fully saturated rings. The molecule has 84 valence electrons. The van der Waals surface area contributed by atoms with Gasteiger partial charge in [0.25, 0.3) is 0 Å². The van der Waals surface area contributed by atoms with Gasteiger partial charge < -0.3 is 10.2 Å². The van der Waals surface area contributed by atoms with Crippen LogP contribution in [0.25, 0.3) is 0 Å². The monoisotopic (exact) mass is 207 g/mol. The number of hydrogen-bond donors (Lipinski definition) is 1. The average molecular weight is 207 g/mol. The normalized spacial score (nSPS) is 36.5. The lowest BCUT2D eigenvalue weighted by Crippen LogP contribution is -2.47. The minimum absolute atomic E-state index is 0.155. The van der Waals surface area contributed by atoms with E-state index < -0.39 is 0 Å². The summed E-state index contributed by atoms with van der Waals surface area (Å²) >= 11 is 0. The second-order valence-corrected chi connectivity index (χ2v) is 5.23. The van der Waals surface area contributed by atoms with E-state index in [9.17, 15) is 0 Å². The first-order valence-electron chi connectivity index (χ1n) is 6.05. The first-order chi connectivity index (χ1) is 7.19. The molecule has 2 bridgehead atoms. The standard InChI is InChI=1S/C12H21N3/c1-9(7-13)8-15(2)12-5-10-3-4-11(6-12)14-10/h9-12,14H,3-6,8H2,1-2H3. The van der Waals surface area contributed by atoms with Gasteiger partial charge in [-0.05, 0) is 39.7 Å². The summed E-state index contributed by atoms with van der Waals surface area (Å²) in [4.78, 5) is 2.39. The van der Waals surface area contributed by atoms with Crippen molar-refractivity contribution in [1.82, 2.24) is 10.2 Å². The van der Waals surface area contributed by atoms with Crippen LogP contribution in [0.1, 0.15) is 32.6 Å². The molecule has 0 saturated carbocycles. The van der Waals surface area contributed by atoms with Gasteiger partial charge in [-0.25, -0.2) is 0 Å². The van der Waals surface area contributed by atoms with Crippen LogP contribution in [-0.4, -0.2) is 36.6 Å². The van der Waals surface area contributed by atoms with Crippen LogP contribution in [0.2, 0.25) is 0 Å². The fourth-order valence-electron chi connectivity index (χ4n) is 3.01. The van der Waals surface area contributed by atoms with Crippen LogP contribution in [0.15, 0.2) is 0 Å². The molecular weight excluding hydrogens is 186 g/mol. The molecule has 2 saturated heterocycles. The highest BCUT2D eigenvalue weighted by Gasteiger charge is 2.35. The number of fused-ring (bicyclic) bond motifs is 2. The molecule has 3 nitrogen and oxygen atoms in total. The van der Waals surface area contributed by atoms with Crippen LogP contribution in [0.3, 0.4) is 0 Å². The Hall–Kier alpha value is -0.590. The fraction of sp³-hybridized carbons (Fsp3) is 0.917. The van der Waals surface area contributed by atoms with Gasteiger partial charge in [-0.15, -0.1) is 0 Å². The van der Waals surface area contributed by atoms with Crippen LogP contribution >= 0.6 is 0 Å². The molecule has 3 atom stereocenters. The van der Waals surface area contributed by atoms with Crippen molar-refractivity contribution in [3.8, 4) is 6.07 Å². The SMILES string of the molecule is CC(C#N)CN(C)C1CC2CCC(C1)N2. The summed E-state index contributed by atoms with van der Waals surface area (Å²) in [7, 11) is 2.17. The molecule has 2 rings (SSSR count). The van der Waals surface area contributed by atoms with Crippen molar-refractivity contribution in [2.24, 2.45) is 5.92 Å². The minimum Gasteiger partial charge on any atom is -0.311 e. The molecule has 0 aromatic carbocycles. The summed E-state index contributed by atoms with van der Waals surface area (Å²) in [6, 6.07) is 4.50. The first-order valence-corrected chi connectivity index (χ1v) is 6.05. The maximum atomic E-state index is 8.81. The Bertz CT molecular complexity index is 246. The molecule has 0 radical (unpaired) electrons. The van der Waals surface area contributed by atoms with Gasteiger partial charge in [0.15, 0.2) is 0 Å². The third-order valence-electron chi connectivity index (χ3n) is 3.85. The lowest BCUT2D eigenvalue weighted by Gasteiger charge is -2.36. The highest BCUT2D eigenvalue weighted by Crippen LogP contribution is 2.29. The van der Waals surface area contributed by atoms with E-state index in [1.54, 1.807) is 0 Å². The molecule has 0 aromatic heterocycles. The third kappa shape index (κ3) is 2.50. The van der Waals surface area contributed by atoms with E-state index in [-0.39, 0.29) is 5.92 Å². The van der Waals surface area contributed by atoms with Gasteiger partial charge in [-0.3, -0.25) is 0 Å². The molecule has 0 amide bonds. The van der Waals surface area contributed by atoms with Crippen LogP contribution in [0.4, 0.5) is 0 Å². The molecule has 0 spiro atoms. The van der Waals surface area contributed by atoms with Crippen molar-refractivity contribution in [2.75, 3.05) is 13.6 Å². The Kier molecular flexibility index (Phi) is 3.28. The summed E-state index contributed by atoms with van der Waals surface area (Å²) in [6.45, 7) is 2.92. The zero-order valence-corrected chi connectivity index (χ0v) is 9.74. The largest absolute Gasteiger partial charge is 0.311 e. The molecule has 2 heterocycles.